The fourth-order valence-corrected chi connectivity index (χ4v) is 3.49. The highest BCUT2D eigenvalue weighted by Gasteiger charge is 2.30. The first-order valence-electron chi connectivity index (χ1n) is 6.78. The highest BCUT2D eigenvalue weighted by molar-refractivity contribution is 9.10. The van der Waals surface area contributed by atoms with Crippen molar-refractivity contribution in [3.8, 4) is 0 Å². The second-order valence-corrected chi connectivity index (χ2v) is 5.86. The van der Waals surface area contributed by atoms with E-state index in [1.807, 2.05) is 14.0 Å². The van der Waals surface area contributed by atoms with Gasteiger partial charge < -0.3 is 10.6 Å². The van der Waals surface area contributed by atoms with Crippen LogP contribution in [0.5, 0.6) is 0 Å². The van der Waals surface area contributed by atoms with Crippen LogP contribution in [0.1, 0.15) is 26.2 Å². The van der Waals surface area contributed by atoms with Crippen molar-refractivity contribution < 1.29 is 0 Å². The minimum atomic E-state index is -0.0749. The van der Waals surface area contributed by atoms with Gasteiger partial charge in [0.25, 0.3) is 5.56 Å². The number of aryl methyl sites for hydroxylation is 1. The van der Waals surface area contributed by atoms with Gasteiger partial charge in [0, 0.05) is 19.6 Å². The monoisotopic (exact) mass is 328 g/mol. The smallest absolute Gasteiger partial charge is 0.283 e. The minimum Gasteiger partial charge on any atom is -0.369 e. The summed E-state index contributed by atoms with van der Waals surface area (Å²) in [4.78, 5) is 14.2. The standard InChI is InChI=1S/C13H21BrN4O/c1-3-18-13(19)12(14)11(8-16-18)17(2)10-6-4-5-9(10)7-15/h8-10H,3-7,15H2,1-2H3. The third kappa shape index (κ3) is 2.69. The summed E-state index contributed by atoms with van der Waals surface area (Å²) in [5, 5.41) is 4.20. The molecule has 0 saturated heterocycles. The number of halogens is 1. The molecule has 1 aliphatic carbocycles. The van der Waals surface area contributed by atoms with Crippen LogP contribution in [0.25, 0.3) is 0 Å². The van der Waals surface area contributed by atoms with Crippen LogP contribution < -0.4 is 16.2 Å². The molecule has 0 bridgehead atoms. The third-order valence-electron chi connectivity index (χ3n) is 4.07. The molecule has 1 heterocycles. The number of nitrogens with zero attached hydrogens (tertiary/aromatic N) is 3. The van der Waals surface area contributed by atoms with Crippen LogP contribution >= 0.6 is 15.9 Å². The van der Waals surface area contributed by atoms with Gasteiger partial charge in [-0.1, -0.05) is 6.42 Å². The molecule has 1 aliphatic rings. The predicted molar refractivity (Wildman–Crippen MR) is 80.5 cm³/mol. The van der Waals surface area contributed by atoms with Gasteiger partial charge in [0.15, 0.2) is 0 Å². The zero-order valence-corrected chi connectivity index (χ0v) is 13.1. The first kappa shape index (κ1) is 14.5. The van der Waals surface area contributed by atoms with E-state index in [1.165, 1.54) is 17.5 Å². The van der Waals surface area contributed by atoms with E-state index in [2.05, 4.69) is 25.9 Å². The molecule has 5 nitrogen and oxygen atoms in total. The summed E-state index contributed by atoms with van der Waals surface area (Å²) < 4.78 is 2.05. The van der Waals surface area contributed by atoms with Crippen LogP contribution in [0.15, 0.2) is 15.5 Å². The molecule has 2 rings (SSSR count). The lowest BCUT2D eigenvalue weighted by atomic mass is 10.0. The average molecular weight is 329 g/mol. The zero-order chi connectivity index (χ0) is 14.0. The van der Waals surface area contributed by atoms with Gasteiger partial charge in [-0.05, 0) is 48.2 Å². The molecule has 0 aliphatic heterocycles. The van der Waals surface area contributed by atoms with Crippen LogP contribution in [0.3, 0.4) is 0 Å². The minimum absolute atomic E-state index is 0.0749. The van der Waals surface area contributed by atoms with Crippen molar-refractivity contribution in [2.24, 2.45) is 11.7 Å². The molecule has 1 aromatic heterocycles. The van der Waals surface area contributed by atoms with Crippen molar-refractivity contribution in [3.05, 3.63) is 21.0 Å². The summed E-state index contributed by atoms with van der Waals surface area (Å²) in [6, 6.07) is 0.403. The number of nitrogens with two attached hydrogens (primary N) is 1. The van der Waals surface area contributed by atoms with Crippen molar-refractivity contribution in [2.75, 3.05) is 18.5 Å². The largest absolute Gasteiger partial charge is 0.369 e. The molecular weight excluding hydrogens is 308 g/mol. The average Bonchev–Trinajstić information content (AvgIpc) is 2.89. The fraction of sp³-hybridized carbons (Fsp3) is 0.692. The van der Waals surface area contributed by atoms with Crippen LogP contribution in [0.4, 0.5) is 5.69 Å². The van der Waals surface area contributed by atoms with Gasteiger partial charge >= 0.3 is 0 Å². The topological polar surface area (TPSA) is 64.2 Å². The van der Waals surface area contributed by atoms with E-state index < -0.39 is 0 Å². The van der Waals surface area contributed by atoms with Gasteiger partial charge in [-0.2, -0.15) is 5.10 Å². The quantitative estimate of drug-likeness (QED) is 0.911. The molecular formula is C13H21BrN4O. The number of anilines is 1. The van der Waals surface area contributed by atoms with E-state index in [0.717, 1.165) is 12.1 Å². The van der Waals surface area contributed by atoms with Crippen LogP contribution in [-0.4, -0.2) is 29.4 Å². The van der Waals surface area contributed by atoms with Gasteiger partial charge in [-0.25, -0.2) is 4.68 Å². The summed E-state index contributed by atoms with van der Waals surface area (Å²) in [7, 11) is 2.02. The Bertz CT molecular complexity index is 502. The SMILES string of the molecule is CCn1ncc(N(C)C2CCCC2CN)c(Br)c1=O. The predicted octanol–water partition coefficient (Wildman–Crippen LogP) is 1.59. The molecule has 0 aromatic carbocycles. The number of aromatic nitrogens is 2. The Labute approximate surface area is 121 Å². The lowest BCUT2D eigenvalue weighted by Gasteiger charge is -2.31. The van der Waals surface area contributed by atoms with Crippen molar-refractivity contribution in [2.45, 2.75) is 38.8 Å². The van der Waals surface area contributed by atoms with E-state index in [-0.39, 0.29) is 5.56 Å². The Morgan fingerprint density at radius 3 is 2.95 bits per heavy atom. The highest BCUT2D eigenvalue weighted by atomic mass is 79.9. The molecule has 2 N–H and O–H groups in total. The molecule has 1 fully saturated rings. The molecule has 106 valence electrons. The van der Waals surface area contributed by atoms with Crippen LogP contribution in [0.2, 0.25) is 0 Å². The van der Waals surface area contributed by atoms with Crippen LogP contribution in [-0.2, 0) is 6.54 Å². The van der Waals surface area contributed by atoms with Gasteiger partial charge in [0.2, 0.25) is 0 Å². The lowest BCUT2D eigenvalue weighted by Crippen LogP contribution is -2.39. The molecule has 1 aromatic rings. The zero-order valence-electron chi connectivity index (χ0n) is 11.5. The normalized spacial score (nSPS) is 22.7. The van der Waals surface area contributed by atoms with Gasteiger partial charge in [-0.15, -0.1) is 0 Å². The Morgan fingerprint density at radius 1 is 1.58 bits per heavy atom. The van der Waals surface area contributed by atoms with Gasteiger partial charge in [0.05, 0.1) is 11.9 Å². The summed E-state index contributed by atoms with van der Waals surface area (Å²) in [5.41, 5.74) is 6.62. The maximum Gasteiger partial charge on any atom is 0.283 e. The second kappa shape index (κ2) is 6.05. The third-order valence-corrected chi connectivity index (χ3v) is 4.81. The summed E-state index contributed by atoms with van der Waals surface area (Å²) in [5.74, 6) is 0.505. The summed E-state index contributed by atoms with van der Waals surface area (Å²) in [6.45, 7) is 3.19. The lowest BCUT2D eigenvalue weighted by molar-refractivity contribution is 0.472. The molecule has 2 unspecified atom stereocenters. The summed E-state index contributed by atoms with van der Waals surface area (Å²) >= 11 is 3.42. The highest BCUT2D eigenvalue weighted by Crippen LogP contribution is 2.33. The maximum atomic E-state index is 12.1. The molecule has 0 radical (unpaired) electrons. The van der Waals surface area contributed by atoms with E-state index >= 15 is 0 Å². The number of rotatable bonds is 4. The molecule has 1 saturated carbocycles. The Hall–Kier alpha value is -0.880. The summed E-state index contributed by atoms with van der Waals surface area (Å²) in [6.07, 6.45) is 5.26. The van der Waals surface area contributed by atoms with Crippen molar-refractivity contribution in [1.29, 1.82) is 0 Å². The van der Waals surface area contributed by atoms with Gasteiger partial charge in [0.1, 0.15) is 4.47 Å². The first-order valence-corrected chi connectivity index (χ1v) is 7.58. The Kier molecular flexibility index (Phi) is 4.62. The van der Waals surface area contributed by atoms with Crippen molar-refractivity contribution >= 4 is 21.6 Å². The number of hydrogen-bond acceptors (Lipinski definition) is 4. The van der Waals surface area contributed by atoms with Gasteiger partial charge in [-0.3, -0.25) is 4.79 Å². The molecule has 0 spiro atoms. The van der Waals surface area contributed by atoms with Crippen LogP contribution in [0, 0.1) is 5.92 Å². The van der Waals surface area contributed by atoms with E-state index in [4.69, 9.17) is 5.73 Å². The molecule has 0 amide bonds. The van der Waals surface area contributed by atoms with E-state index in [0.29, 0.717) is 29.5 Å². The molecule has 19 heavy (non-hydrogen) atoms. The maximum absolute atomic E-state index is 12.1. The van der Waals surface area contributed by atoms with E-state index in [1.54, 1.807) is 6.20 Å². The first-order chi connectivity index (χ1) is 9.10. The molecule has 6 heteroatoms. The fourth-order valence-electron chi connectivity index (χ4n) is 2.91. The Balaban J connectivity index is 2.31. The van der Waals surface area contributed by atoms with Crippen molar-refractivity contribution in [3.63, 3.8) is 0 Å². The second-order valence-electron chi connectivity index (χ2n) is 5.07. The Morgan fingerprint density at radius 2 is 2.32 bits per heavy atom. The van der Waals surface area contributed by atoms with Crippen molar-refractivity contribution in [1.82, 2.24) is 9.78 Å². The number of hydrogen-bond donors (Lipinski definition) is 1. The molecule has 2 atom stereocenters. The van der Waals surface area contributed by atoms with E-state index in [9.17, 15) is 4.79 Å².